The van der Waals surface area contributed by atoms with Crippen LogP contribution in [0, 0.1) is 24.7 Å². The molecule has 98 valence electrons. The first kappa shape index (κ1) is 18.4. The predicted octanol–water partition coefficient (Wildman–Crippen LogP) is 3.26. The van der Waals surface area contributed by atoms with E-state index in [2.05, 4.69) is 11.8 Å². The van der Waals surface area contributed by atoms with Gasteiger partial charge in [0.15, 0.2) is 0 Å². The largest absolute Gasteiger partial charge is 0.375 e. The predicted molar refractivity (Wildman–Crippen MR) is 73.7 cm³/mol. The third-order valence-corrected chi connectivity index (χ3v) is 1.37. The SMILES string of the molecule is C#CCCOC(C)(C)C.C#CCOC(C)(C)C. The number of terminal acetylenes is 2. The third-order valence-electron chi connectivity index (χ3n) is 1.37. The molecular formula is C15H26O2. The Morgan fingerprint density at radius 1 is 0.824 bits per heavy atom. The molecule has 0 saturated carbocycles. The maximum Gasteiger partial charge on any atom is 0.108 e. The Kier molecular flexibility index (Phi) is 9.86. The van der Waals surface area contributed by atoms with Crippen molar-refractivity contribution in [3.63, 3.8) is 0 Å². The zero-order valence-corrected chi connectivity index (χ0v) is 12.1. The van der Waals surface area contributed by atoms with Crippen molar-refractivity contribution in [2.75, 3.05) is 13.2 Å². The maximum atomic E-state index is 5.33. The summed E-state index contributed by atoms with van der Waals surface area (Å²) in [7, 11) is 0. The van der Waals surface area contributed by atoms with Crippen molar-refractivity contribution in [1.29, 1.82) is 0 Å². The van der Waals surface area contributed by atoms with Gasteiger partial charge in [0.05, 0.1) is 17.8 Å². The van der Waals surface area contributed by atoms with E-state index < -0.39 is 0 Å². The molecular weight excluding hydrogens is 212 g/mol. The Bertz CT molecular complexity index is 253. The van der Waals surface area contributed by atoms with Crippen LogP contribution in [0.1, 0.15) is 48.0 Å². The first-order chi connectivity index (χ1) is 7.62. The lowest BCUT2D eigenvalue weighted by molar-refractivity contribution is 0.000604. The van der Waals surface area contributed by atoms with E-state index >= 15 is 0 Å². The lowest BCUT2D eigenvalue weighted by Gasteiger charge is -2.18. The molecule has 0 bridgehead atoms. The maximum absolute atomic E-state index is 5.33. The average Bonchev–Trinajstić information content (AvgIpc) is 2.13. The van der Waals surface area contributed by atoms with Crippen LogP contribution in [0.5, 0.6) is 0 Å². The van der Waals surface area contributed by atoms with Crippen molar-refractivity contribution in [3.8, 4) is 24.7 Å². The normalized spacial score (nSPS) is 10.8. The van der Waals surface area contributed by atoms with Crippen molar-refractivity contribution in [2.24, 2.45) is 0 Å². The highest BCUT2D eigenvalue weighted by atomic mass is 16.5. The Hall–Kier alpha value is -0.960. The zero-order chi connectivity index (χ0) is 13.9. The first-order valence-corrected chi connectivity index (χ1v) is 5.77. The van der Waals surface area contributed by atoms with Gasteiger partial charge in [-0.1, -0.05) is 5.92 Å². The highest BCUT2D eigenvalue weighted by molar-refractivity contribution is 4.84. The van der Waals surface area contributed by atoms with Gasteiger partial charge in [0.25, 0.3) is 0 Å². The third kappa shape index (κ3) is 25.4. The van der Waals surface area contributed by atoms with E-state index in [9.17, 15) is 0 Å². The van der Waals surface area contributed by atoms with Crippen LogP contribution in [0.2, 0.25) is 0 Å². The van der Waals surface area contributed by atoms with Crippen molar-refractivity contribution in [1.82, 2.24) is 0 Å². The highest BCUT2D eigenvalue weighted by Gasteiger charge is 2.08. The molecule has 0 saturated heterocycles. The van der Waals surface area contributed by atoms with Crippen molar-refractivity contribution in [3.05, 3.63) is 0 Å². The van der Waals surface area contributed by atoms with Gasteiger partial charge in [-0.3, -0.25) is 0 Å². The van der Waals surface area contributed by atoms with Gasteiger partial charge in [-0.2, -0.15) is 0 Å². The number of ether oxygens (including phenoxy) is 2. The van der Waals surface area contributed by atoms with Gasteiger partial charge in [0.2, 0.25) is 0 Å². The first-order valence-electron chi connectivity index (χ1n) is 5.77. The van der Waals surface area contributed by atoms with Gasteiger partial charge in [0, 0.05) is 6.42 Å². The Morgan fingerprint density at radius 3 is 1.53 bits per heavy atom. The Balaban J connectivity index is 0. The zero-order valence-electron chi connectivity index (χ0n) is 12.1. The van der Waals surface area contributed by atoms with Crippen LogP contribution >= 0.6 is 0 Å². The quantitative estimate of drug-likeness (QED) is 0.555. The minimum absolute atomic E-state index is 0.0448. The summed E-state index contributed by atoms with van der Waals surface area (Å²) in [4.78, 5) is 0. The molecule has 0 fully saturated rings. The van der Waals surface area contributed by atoms with Gasteiger partial charge in [-0.15, -0.1) is 18.8 Å². The molecule has 0 amide bonds. The summed E-state index contributed by atoms with van der Waals surface area (Å²) in [6.45, 7) is 13.1. The van der Waals surface area contributed by atoms with Gasteiger partial charge in [0.1, 0.15) is 6.61 Å². The topological polar surface area (TPSA) is 18.5 Å². The molecule has 0 aliphatic heterocycles. The molecule has 0 unspecified atom stereocenters. The Labute approximate surface area is 107 Å². The number of hydrogen-bond donors (Lipinski definition) is 0. The molecule has 0 atom stereocenters. The summed E-state index contributed by atoms with van der Waals surface area (Å²) in [5, 5.41) is 0. The van der Waals surface area contributed by atoms with Crippen LogP contribution in [-0.4, -0.2) is 24.4 Å². The Morgan fingerprint density at radius 2 is 1.29 bits per heavy atom. The van der Waals surface area contributed by atoms with E-state index in [0.29, 0.717) is 19.6 Å². The summed E-state index contributed by atoms with van der Waals surface area (Å²) >= 11 is 0. The van der Waals surface area contributed by atoms with E-state index in [0.717, 1.165) is 0 Å². The smallest absolute Gasteiger partial charge is 0.108 e. The monoisotopic (exact) mass is 238 g/mol. The number of hydrogen-bond acceptors (Lipinski definition) is 2. The van der Waals surface area contributed by atoms with Gasteiger partial charge in [-0.25, -0.2) is 0 Å². The second-order valence-electron chi connectivity index (χ2n) is 5.52. The average molecular weight is 238 g/mol. The van der Waals surface area contributed by atoms with E-state index in [4.69, 9.17) is 22.3 Å². The van der Waals surface area contributed by atoms with Gasteiger partial charge in [-0.05, 0) is 41.5 Å². The lowest BCUT2D eigenvalue weighted by Crippen LogP contribution is -2.19. The van der Waals surface area contributed by atoms with Gasteiger partial charge >= 0.3 is 0 Å². The van der Waals surface area contributed by atoms with Crippen LogP contribution in [0.4, 0.5) is 0 Å². The minimum Gasteiger partial charge on any atom is -0.375 e. The lowest BCUT2D eigenvalue weighted by atomic mass is 10.2. The van der Waals surface area contributed by atoms with Crippen LogP contribution in [-0.2, 0) is 9.47 Å². The molecule has 0 aromatic carbocycles. The molecule has 0 radical (unpaired) electrons. The molecule has 17 heavy (non-hydrogen) atoms. The van der Waals surface area contributed by atoms with Crippen molar-refractivity contribution >= 4 is 0 Å². The van der Waals surface area contributed by atoms with E-state index in [1.54, 1.807) is 0 Å². The van der Waals surface area contributed by atoms with Crippen LogP contribution < -0.4 is 0 Å². The molecule has 0 rings (SSSR count). The summed E-state index contributed by atoms with van der Waals surface area (Å²) in [6.07, 6.45) is 10.7. The summed E-state index contributed by atoms with van der Waals surface area (Å²) in [5.41, 5.74) is -0.136. The van der Waals surface area contributed by atoms with Gasteiger partial charge < -0.3 is 9.47 Å². The molecule has 0 aliphatic rings. The molecule has 0 aromatic rings. The molecule has 2 nitrogen and oxygen atoms in total. The van der Waals surface area contributed by atoms with E-state index in [-0.39, 0.29) is 11.2 Å². The second kappa shape index (κ2) is 9.11. The fraction of sp³-hybridized carbons (Fsp3) is 0.733. The number of rotatable bonds is 3. The molecule has 0 aliphatic carbocycles. The van der Waals surface area contributed by atoms with Crippen molar-refractivity contribution in [2.45, 2.75) is 59.2 Å². The summed E-state index contributed by atoms with van der Waals surface area (Å²) in [6, 6.07) is 0. The minimum atomic E-state index is -0.0909. The summed E-state index contributed by atoms with van der Waals surface area (Å²) < 4.78 is 10.5. The van der Waals surface area contributed by atoms with Crippen LogP contribution in [0.15, 0.2) is 0 Å². The standard InChI is InChI=1S/C8H14O.C7H12O/c1-5-6-7-9-8(2,3)4;1-5-6-8-7(2,3)4/h1H,6-7H2,2-4H3;1H,6H2,2-4H3. The molecule has 0 spiro atoms. The van der Waals surface area contributed by atoms with E-state index in [1.807, 2.05) is 41.5 Å². The fourth-order valence-electron chi connectivity index (χ4n) is 0.674. The highest BCUT2D eigenvalue weighted by Crippen LogP contribution is 2.06. The van der Waals surface area contributed by atoms with Crippen molar-refractivity contribution < 1.29 is 9.47 Å². The van der Waals surface area contributed by atoms with Crippen LogP contribution in [0.3, 0.4) is 0 Å². The molecule has 0 aromatic heterocycles. The second-order valence-corrected chi connectivity index (χ2v) is 5.52. The molecule has 0 N–H and O–H groups in total. The fourth-order valence-corrected chi connectivity index (χ4v) is 0.674. The van der Waals surface area contributed by atoms with Crippen LogP contribution in [0.25, 0.3) is 0 Å². The molecule has 0 heterocycles. The summed E-state index contributed by atoms with van der Waals surface area (Å²) in [5.74, 6) is 4.92. The van der Waals surface area contributed by atoms with E-state index in [1.165, 1.54) is 0 Å². The molecule has 2 heteroatoms.